The third-order valence-electron chi connectivity index (χ3n) is 3.83. The van der Waals surface area contributed by atoms with Gasteiger partial charge in [0.25, 0.3) is 5.91 Å². The fourth-order valence-corrected chi connectivity index (χ4v) is 2.72. The number of nitrogens with one attached hydrogen (secondary N) is 2. The molecular weight excluding hydrogens is 320 g/mol. The zero-order valence-electron chi connectivity index (χ0n) is 15.7. The summed E-state index contributed by atoms with van der Waals surface area (Å²) < 4.78 is 16.6. The van der Waals surface area contributed by atoms with Crippen molar-refractivity contribution in [2.75, 3.05) is 26.9 Å². The van der Waals surface area contributed by atoms with Crippen LogP contribution in [0.1, 0.15) is 39.2 Å². The maximum atomic E-state index is 11.9. The summed E-state index contributed by atoms with van der Waals surface area (Å²) in [5.74, 6) is 1.03. The SMILES string of the molecule is COc1cc(CNC[C@H]2CCCO2)ccc1OCC(=O)NC(C)(C)C. The molecule has 1 aliphatic heterocycles. The van der Waals surface area contributed by atoms with E-state index in [1.807, 2.05) is 39.0 Å². The van der Waals surface area contributed by atoms with Gasteiger partial charge in [-0.3, -0.25) is 4.79 Å². The lowest BCUT2D eigenvalue weighted by Gasteiger charge is -2.20. The number of carbonyl (C=O) groups is 1. The molecule has 0 aromatic heterocycles. The zero-order valence-corrected chi connectivity index (χ0v) is 15.7. The van der Waals surface area contributed by atoms with Crippen LogP contribution in [0.15, 0.2) is 18.2 Å². The van der Waals surface area contributed by atoms with Crippen molar-refractivity contribution in [1.29, 1.82) is 0 Å². The maximum Gasteiger partial charge on any atom is 0.258 e. The number of ether oxygens (including phenoxy) is 3. The number of hydrogen-bond donors (Lipinski definition) is 2. The molecule has 1 saturated heterocycles. The highest BCUT2D eigenvalue weighted by Crippen LogP contribution is 2.28. The van der Waals surface area contributed by atoms with E-state index in [0.717, 1.165) is 38.1 Å². The maximum absolute atomic E-state index is 11.9. The predicted octanol–water partition coefficient (Wildman–Crippen LogP) is 2.26. The van der Waals surface area contributed by atoms with Crippen LogP contribution in [0.3, 0.4) is 0 Å². The van der Waals surface area contributed by atoms with E-state index in [9.17, 15) is 4.79 Å². The molecular formula is C19H30N2O4. The highest BCUT2D eigenvalue weighted by Gasteiger charge is 2.16. The fraction of sp³-hybridized carbons (Fsp3) is 0.632. The van der Waals surface area contributed by atoms with Crippen LogP contribution < -0.4 is 20.1 Å². The topological polar surface area (TPSA) is 68.8 Å². The molecule has 1 aromatic rings. The third kappa shape index (κ3) is 6.92. The highest BCUT2D eigenvalue weighted by atomic mass is 16.5. The minimum absolute atomic E-state index is 0.0375. The Kier molecular flexibility index (Phi) is 7.08. The van der Waals surface area contributed by atoms with E-state index in [0.29, 0.717) is 17.6 Å². The van der Waals surface area contributed by atoms with Crippen molar-refractivity contribution >= 4 is 5.91 Å². The Morgan fingerprint density at radius 2 is 2.12 bits per heavy atom. The van der Waals surface area contributed by atoms with Gasteiger partial charge in [-0.25, -0.2) is 0 Å². The van der Waals surface area contributed by atoms with E-state index in [-0.39, 0.29) is 18.1 Å². The van der Waals surface area contributed by atoms with Crippen LogP contribution in [0.2, 0.25) is 0 Å². The third-order valence-corrected chi connectivity index (χ3v) is 3.83. The Labute approximate surface area is 150 Å². The van der Waals surface area contributed by atoms with Crippen molar-refractivity contribution in [3.05, 3.63) is 23.8 Å². The van der Waals surface area contributed by atoms with Crippen LogP contribution in [0.25, 0.3) is 0 Å². The summed E-state index contributed by atoms with van der Waals surface area (Å²) in [5, 5.41) is 6.27. The van der Waals surface area contributed by atoms with Gasteiger partial charge in [0.2, 0.25) is 0 Å². The lowest BCUT2D eigenvalue weighted by molar-refractivity contribution is -0.124. The molecule has 1 amide bonds. The van der Waals surface area contributed by atoms with Crippen LogP contribution in [-0.2, 0) is 16.1 Å². The molecule has 1 fully saturated rings. The molecule has 2 rings (SSSR count). The highest BCUT2D eigenvalue weighted by molar-refractivity contribution is 5.78. The van der Waals surface area contributed by atoms with E-state index in [1.165, 1.54) is 0 Å². The second-order valence-electron chi connectivity index (χ2n) is 7.34. The number of benzene rings is 1. The van der Waals surface area contributed by atoms with Crippen molar-refractivity contribution in [2.24, 2.45) is 0 Å². The molecule has 6 heteroatoms. The monoisotopic (exact) mass is 350 g/mol. The molecule has 0 radical (unpaired) electrons. The summed E-state index contributed by atoms with van der Waals surface area (Å²) >= 11 is 0. The summed E-state index contributed by atoms with van der Waals surface area (Å²) in [7, 11) is 1.60. The number of carbonyl (C=O) groups excluding carboxylic acids is 1. The van der Waals surface area contributed by atoms with E-state index in [2.05, 4.69) is 10.6 Å². The lowest BCUT2D eigenvalue weighted by Crippen LogP contribution is -2.43. The van der Waals surface area contributed by atoms with Gasteiger partial charge >= 0.3 is 0 Å². The van der Waals surface area contributed by atoms with Crippen molar-refractivity contribution < 1.29 is 19.0 Å². The summed E-state index contributed by atoms with van der Waals surface area (Å²) in [4.78, 5) is 11.9. The van der Waals surface area contributed by atoms with Gasteiger partial charge in [0.1, 0.15) is 0 Å². The molecule has 0 spiro atoms. The first-order valence-corrected chi connectivity index (χ1v) is 8.80. The Morgan fingerprint density at radius 1 is 1.32 bits per heavy atom. The number of amides is 1. The lowest BCUT2D eigenvalue weighted by atomic mass is 10.1. The van der Waals surface area contributed by atoms with Gasteiger partial charge in [0.05, 0.1) is 13.2 Å². The van der Waals surface area contributed by atoms with Crippen LogP contribution in [-0.4, -0.2) is 44.4 Å². The molecule has 0 unspecified atom stereocenters. The molecule has 6 nitrogen and oxygen atoms in total. The van der Waals surface area contributed by atoms with Crippen LogP contribution in [0.4, 0.5) is 0 Å². The predicted molar refractivity (Wildman–Crippen MR) is 97.1 cm³/mol. The van der Waals surface area contributed by atoms with Gasteiger partial charge in [0, 0.05) is 25.2 Å². The Balaban J connectivity index is 1.84. The summed E-state index contributed by atoms with van der Waals surface area (Å²) in [6.07, 6.45) is 2.60. The second-order valence-corrected chi connectivity index (χ2v) is 7.34. The molecule has 140 valence electrons. The molecule has 1 heterocycles. The molecule has 0 bridgehead atoms. The molecule has 25 heavy (non-hydrogen) atoms. The molecule has 1 aromatic carbocycles. The van der Waals surface area contributed by atoms with Gasteiger partial charge < -0.3 is 24.8 Å². The summed E-state index contributed by atoms with van der Waals surface area (Å²) in [6, 6.07) is 5.74. The number of methoxy groups -OCH3 is 1. The number of hydrogen-bond acceptors (Lipinski definition) is 5. The molecule has 1 aliphatic rings. The second kappa shape index (κ2) is 9.06. The zero-order chi connectivity index (χ0) is 18.3. The normalized spacial score (nSPS) is 17.4. The van der Waals surface area contributed by atoms with Crippen molar-refractivity contribution in [2.45, 2.75) is 51.8 Å². The van der Waals surface area contributed by atoms with E-state index < -0.39 is 0 Å². The average Bonchev–Trinajstić information content (AvgIpc) is 3.05. The first-order chi connectivity index (χ1) is 11.9. The van der Waals surface area contributed by atoms with Crippen molar-refractivity contribution in [1.82, 2.24) is 10.6 Å². The smallest absolute Gasteiger partial charge is 0.258 e. The van der Waals surface area contributed by atoms with Gasteiger partial charge in [-0.1, -0.05) is 6.07 Å². The fourth-order valence-electron chi connectivity index (χ4n) is 2.72. The summed E-state index contributed by atoms with van der Waals surface area (Å²) in [5.41, 5.74) is 0.824. The van der Waals surface area contributed by atoms with Gasteiger partial charge in [0.15, 0.2) is 18.1 Å². The quantitative estimate of drug-likeness (QED) is 0.753. The van der Waals surface area contributed by atoms with Crippen molar-refractivity contribution in [3.8, 4) is 11.5 Å². The molecule has 2 N–H and O–H groups in total. The Morgan fingerprint density at radius 3 is 2.76 bits per heavy atom. The minimum Gasteiger partial charge on any atom is -0.493 e. The first kappa shape index (κ1) is 19.5. The first-order valence-electron chi connectivity index (χ1n) is 8.80. The number of rotatable bonds is 8. The average molecular weight is 350 g/mol. The van der Waals surface area contributed by atoms with E-state index in [1.54, 1.807) is 7.11 Å². The van der Waals surface area contributed by atoms with Gasteiger partial charge in [-0.15, -0.1) is 0 Å². The Bertz CT molecular complexity index is 563. The minimum atomic E-state index is -0.275. The summed E-state index contributed by atoms with van der Waals surface area (Å²) in [6.45, 7) is 8.23. The molecule has 0 aliphatic carbocycles. The largest absolute Gasteiger partial charge is 0.493 e. The van der Waals surface area contributed by atoms with E-state index in [4.69, 9.17) is 14.2 Å². The van der Waals surface area contributed by atoms with E-state index >= 15 is 0 Å². The van der Waals surface area contributed by atoms with Crippen LogP contribution >= 0.6 is 0 Å². The van der Waals surface area contributed by atoms with Crippen molar-refractivity contribution in [3.63, 3.8) is 0 Å². The molecule has 0 saturated carbocycles. The standard InChI is InChI=1S/C19H30N2O4/c1-19(2,3)21-18(22)13-25-16-8-7-14(10-17(16)23-4)11-20-12-15-6-5-9-24-15/h7-8,10,15,20H,5-6,9,11-13H2,1-4H3,(H,21,22)/t15-/m1/s1. The van der Waals surface area contributed by atoms with Crippen LogP contribution in [0.5, 0.6) is 11.5 Å². The molecule has 1 atom stereocenters. The van der Waals surface area contributed by atoms with Gasteiger partial charge in [-0.05, 0) is 51.3 Å². The Hall–Kier alpha value is -1.79. The van der Waals surface area contributed by atoms with Gasteiger partial charge in [-0.2, -0.15) is 0 Å². The van der Waals surface area contributed by atoms with Crippen LogP contribution in [0, 0.1) is 0 Å².